The van der Waals surface area contributed by atoms with Gasteiger partial charge in [-0.1, -0.05) is 30.2 Å². The smallest absolute Gasteiger partial charge is 0.222 e. The van der Waals surface area contributed by atoms with Gasteiger partial charge in [0.15, 0.2) is 0 Å². The van der Waals surface area contributed by atoms with Gasteiger partial charge in [0.25, 0.3) is 0 Å². The molecular formula is C23H27ClN2O2. The largest absolute Gasteiger partial charge is 0.495 e. The van der Waals surface area contributed by atoms with Crippen molar-refractivity contribution >= 4 is 17.5 Å². The van der Waals surface area contributed by atoms with Crippen molar-refractivity contribution in [1.82, 2.24) is 9.88 Å². The molecule has 0 radical (unpaired) electrons. The van der Waals surface area contributed by atoms with Gasteiger partial charge in [-0.25, -0.2) is 0 Å². The van der Waals surface area contributed by atoms with E-state index in [2.05, 4.69) is 22.0 Å². The van der Waals surface area contributed by atoms with E-state index in [-0.39, 0.29) is 0 Å². The van der Waals surface area contributed by atoms with Crippen molar-refractivity contribution in [2.75, 3.05) is 13.7 Å². The van der Waals surface area contributed by atoms with E-state index >= 15 is 0 Å². The van der Waals surface area contributed by atoms with E-state index in [1.807, 2.05) is 18.3 Å². The third-order valence-electron chi connectivity index (χ3n) is 6.15. The Balaban J connectivity index is 1.45. The Kier molecular flexibility index (Phi) is 5.86. The minimum Gasteiger partial charge on any atom is -0.495 e. The maximum atomic E-state index is 12.1. The standard InChI is InChI=1S/C23H27ClN2O2/c1-28-21-12-19(14-25-15-21)17-7-8-18(22(24)13-17)10-16-4-2-5-20(11-16)26-9-3-6-23(26)27/h7-8,12-16,20H,2-6,9-11H2,1H3. The van der Waals surface area contributed by atoms with Crippen LogP contribution in [0.25, 0.3) is 11.1 Å². The van der Waals surface area contributed by atoms with Crippen molar-refractivity contribution in [2.24, 2.45) is 5.92 Å². The van der Waals surface area contributed by atoms with Crippen LogP contribution in [-0.2, 0) is 11.2 Å². The SMILES string of the molecule is COc1cncc(-c2ccc(CC3CCCC(N4CCCC4=O)C3)c(Cl)c2)c1. The monoisotopic (exact) mass is 398 g/mol. The fourth-order valence-corrected chi connectivity index (χ4v) is 4.94. The topological polar surface area (TPSA) is 42.4 Å². The second-order valence-corrected chi connectivity index (χ2v) is 8.41. The first-order valence-electron chi connectivity index (χ1n) is 10.2. The number of aromatic nitrogens is 1. The molecule has 1 amide bonds. The first-order chi connectivity index (χ1) is 13.6. The molecule has 0 bridgehead atoms. The zero-order chi connectivity index (χ0) is 19.5. The van der Waals surface area contributed by atoms with Crippen molar-refractivity contribution in [3.63, 3.8) is 0 Å². The molecule has 5 heteroatoms. The van der Waals surface area contributed by atoms with Crippen LogP contribution < -0.4 is 4.74 Å². The van der Waals surface area contributed by atoms with Crippen molar-refractivity contribution in [2.45, 2.75) is 51.0 Å². The molecule has 28 heavy (non-hydrogen) atoms. The van der Waals surface area contributed by atoms with Gasteiger partial charge in [-0.3, -0.25) is 9.78 Å². The molecule has 2 atom stereocenters. The highest BCUT2D eigenvalue weighted by Gasteiger charge is 2.32. The van der Waals surface area contributed by atoms with Gasteiger partial charge >= 0.3 is 0 Å². The van der Waals surface area contributed by atoms with Crippen LogP contribution in [0.3, 0.4) is 0 Å². The van der Waals surface area contributed by atoms with E-state index in [1.165, 1.54) is 18.4 Å². The molecule has 4 rings (SSSR count). The quantitative estimate of drug-likeness (QED) is 0.700. The first kappa shape index (κ1) is 19.3. The summed E-state index contributed by atoms with van der Waals surface area (Å²) in [6.45, 7) is 0.945. The zero-order valence-corrected chi connectivity index (χ0v) is 17.1. The number of pyridine rings is 1. The summed E-state index contributed by atoms with van der Waals surface area (Å²) in [7, 11) is 1.64. The summed E-state index contributed by atoms with van der Waals surface area (Å²) in [6, 6.07) is 8.67. The Morgan fingerprint density at radius 1 is 1.18 bits per heavy atom. The number of carbonyl (C=O) groups is 1. The third kappa shape index (κ3) is 4.17. The van der Waals surface area contributed by atoms with E-state index in [9.17, 15) is 4.79 Å². The van der Waals surface area contributed by atoms with E-state index in [4.69, 9.17) is 16.3 Å². The minimum absolute atomic E-state index is 0.347. The number of carbonyl (C=O) groups excluding carboxylic acids is 1. The van der Waals surface area contributed by atoms with Crippen LogP contribution >= 0.6 is 11.6 Å². The molecule has 2 unspecified atom stereocenters. The number of ether oxygens (including phenoxy) is 1. The van der Waals surface area contributed by atoms with E-state index in [1.54, 1.807) is 13.3 Å². The number of benzene rings is 1. The van der Waals surface area contributed by atoms with Crippen molar-refractivity contribution < 1.29 is 9.53 Å². The number of hydrogen-bond donors (Lipinski definition) is 0. The molecule has 2 heterocycles. The molecule has 1 aliphatic heterocycles. The summed E-state index contributed by atoms with van der Waals surface area (Å²) in [6.07, 6.45) is 10.9. The van der Waals surface area contributed by atoms with Crippen LogP contribution in [0.15, 0.2) is 36.7 Å². The zero-order valence-electron chi connectivity index (χ0n) is 16.4. The lowest BCUT2D eigenvalue weighted by Gasteiger charge is -2.35. The predicted molar refractivity (Wildman–Crippen MR) is 112 cm³/mol. The van der Waals surface area contributed by atoms with Gasteiger partial charge < -0.3 is 9.64 Å². The van der Waals surface area contributed by atoms with Crippen LogP contribution in [0.4, 0.5) is 0 Å². The maximum absolute atomic E-state index is 12.1. The summed E-state index contributed by atoms with van der Waals surface area (Å²) >= 11 is 6.64. The van der Waals surface area contributed by atoms with Crippen molar-refractivity contribution in [3.8, 4) is 16.9 Å². The van der Waals surface area contributed by atoms with E-state index in [0.717, 1.165) is 60.5 Å². The van der Waals surface area contributed by atoms with Gasteiger partial charge in [0.2, 0.25) is 5.91 Å². The lowest BCUT2D eigenvalue weighted by molar-refractivity contribution is -0.130. The Labute approximate surface area is 171 Å². The average Bonchev–Trinajstić information content (AvgIpc) is 3.16. The fraction of sp³-hybridized carbons (Fsp3) is 0.478. The molecule has 1 aromatic heterocycles. The molecule has 1 saturated carbocycles. The third-order valence-corrected chi connectivity index (χ3v) is 6.50. The predicted octanol–water partition coefficient (Wildman–Crippen LogP) is 5.13. The molecule has 0 N–H and O–H groups in total. The summed E-state index contributed by atoms with van der Waals surface area (Å²) in [5.74, 6) is 1.68. The first-order valence-corrected chi connectivity index (χ1v) is 10.6. The van der Waals surface area contributed by atoms with Crippen LogP contribution in [0.1, 0.15) is 44.1 Å². The number of hydrogen-bond acceptors (Lipinski definition) is 3. The Morgan fingerprint density at radius 2 is 2.07 bits per heavy atom. The Bertz CT molecular complexity index is 854. The molecule has 1 aromatic carbocycles. The number of halogens is 1. The number of amides is 1. The second-order valence-electron chi connectivity index (χ2n) is 8.00. The highest BCUT2D eigenvalue weighted by atomic mass is 35.5. The average molecular weight is 399 g/mol. The van der Waals surface area contributed by atoms with E-state index < -0.39 is 0 Å². The van der Waals surface area contributed by atoms with Crippen LogP contribution in [0.5, 0.6) is 5.75 Å². The molecule has 0 spiro atoms. The maximum Gasteiger partial charge on any atom is 0.222 e. The van der Waals surface area contributed by atoms with Gasteiger partial charge in [-0.2, -0.15) is 0 Å². The summed E-state index contributed by atoms with van der Waals surface area (Å²) in [5.41, 5.74) is 3.24. The van der Waals surface area contributed by atoms with Crippen LogP contribution in [0, 0.1) is 5.92 Å². The number of methoxy groups -OCH3 is 1. The molecule has 1 saturated heterocycles. The molecule has 4 nitrogen and oxygen atoms in total. The normalized spacial score (nSPS) is 22.5. The van der Waals surface area contributed by atoms with Gasteiger partial charge in [-0.05, 0) is 61.3 Å². The second kappa shape index (κ2) is 8.52. The summed E-state index contributed by atoms with van der Waals surface area (Å²) < 4.78 is 5.27. The highest BCUT2D eigenvalue weighted by Crippen LogP contribution is 2.35. The Hall–Kier alpha value is -2.07. The lowest BCUT2D eigenvalue weighted by Crippen LogP contribution is -2.39. The molecule has 148 valence electrons. The molecule has 1 aliphatic carbocycles. The number of nitrogens with zero attached hydrogens (tertiary/aromatic N) is 2. The van der Waals surface area contributed by atoms with Crippen molar-refractivity contribution in [3.05, 3.63) is 47.2 Å². The molecule has 2 fully saturated rings. The number of likely N-dealkylation sites (tertiary alicyclic amines) is 1. The van der Waals surface area contributed by atoms with Gasteiger partial charge in [-0.15, -0.1) is 0 Å². The highest BCUT2D eigenvalue weighted by molar-refractivity contribution is 6.31. The Morgan fingerprint density at radius 3 is 2.82 bits per heavy atom. The lowest BCUT2D eigenvalue weighted by atomic mass is 9.81. The molecule has 2 aromatic rings. The van der Waals surface area contributed by atoms with Gasteiger partial charge in [0.05, 0.1) is 13.3 Å². The van der Waals surface area contributed by atoms with Gasteiger partial charge in [0, 0.05) is 35.8 Å². The minimum atomic E-state index is 0.347. The van der Waals surface area contributed by atoms with E-state index in [0.29, 0.717) is 17.9 Å². The van der Waals surface area contributed by atoms with Crippen LogP contribution in [0.2, 0.25) is 5.02 Å². The summed E-state index contributed by atoms with van der Waals surface area (Å²) in [4.78, 5) is 18.5. The van der Waals surface area contributed by atoms with Crippen molar-refractivity contribution in [1.29, 1.82) is 0 Å². The molecular weight excluding hydrogens is 372 g/mol. The summed E-state index contributed by atoms with van der Waals surface area (Å²) in [5, 5.41) is 0.805. The molecule has 2 aliphatic rings. The van der Waals surface area contributed by atoms with Crippen LogP contribution in [-0.4, -0.2) is 35.5 Å². The number of rotatable bonds is 5. The fourth-order valence-electron chi connectivity index (χ4n) is 4.68. The van der Waals surface area contributed by atoms with Gasteiger partial charge in [0.1, 0.15) is 5.75 Å².